The van der Waals surface area contributed by atoms with Crippen LogP contribution in [0, 0.1) is 0 Å². The average molecular weight is 217 g/mol. The maximum Gasteiger partial charge on any atom is 0.101 e. The third-order valence-electron chi connectivity index (χ3n) is 1.05. The van der Waals surface area contributed by atoms with E-state index in [2.05, 4.69) is 21.1 Å². The molecule has 0 amide bonds. The molecule has 1 unspecified atom stereocenters. The van der Waals surface area contributed by atoms with E-state index in [-0.39, 0.29) is 6.61 Å². The Morgan fingerprint density at radius 2 is 1.71 bits per heavy atom. The molecular formula is C10H28N2O2+2. The number of aliphatic hydroxyl groups is 2. The fraction of sp³-hybridized carbons (Fsp3) is 1.00. The molecule has 0 saturated heterocycles. The second kappa shape index (κ2) is 7.17. The molecule has 4 heteroatoms. The van der Waals surface area contributed by atoms with Crippen molar-refractivity contribution in [2.75, 3.05) is 68.4 Å². The Hall–Kier alpha value is -0.160. The van der Waals surface area contributed by atoms with Crippen LogP contribution in [0.1, 0.15) is 12.3 Å². The Morgan fingerprint density at radius 3 is 1.79 bits per heavy atom. The Kier molecular flexibility index (Phi) is 2.69. The quantitative estimate of drug-likeness (QED) is 0.616. The topological polar surface area (TPSA) is 40.5 Å². The number of likely N-dealkylation sites (N-methyl/N-ethyl adjacent to an activating group) is 2. The van der Waals surface area contributed by atoms with Crippen molar-refractivity contribution in [1.29, 1.82) is 0 Å². The van der Waals surface area contributed by atoms with E-state index in [0.717, 1.165) is 11.0 Å². The molecule has 0 bridgehead atoms. The SMILES string of the molecule is C[N+](C)(C)CCO.[2H]C([2H])[N+](C)(C([2H])([2H])[2H])C([2H])([2H])C([2H])([2H])O. The van der Waals surface area contributed by atoms with Gasteiger partial charge in [0, 0.05) is 0 Å². The van der Waals surface area contributed by atoms with Gasteiger partial charge in [0.15, 0.2) is 0 Å². The molecule has 0 aromatic rings. The molecule has 0 saturated carbocycles. The van der Waals surface area contributed by atoms with Crippen molar-refractivity contribution in [2.45, 2.75) is 0 Å². The molecular weight excluding hydrogens is 180 g/mol. The normalized spacial score (nSPS) is 28.1. The number of nitrogens with zero attached hydrogens (tertiary/aromatic N) is 2. The van der Waals surface area contributed by atoms with Gasteiger partial charge in [-0.3, -0.25) is 0 Å². The van der Waals surface area contributed by atoms with Crippen molar-refractivity contribution in [3.05, 3.63) is 0 Å². The predicted octanol–water partition coefficient (Wildman–Crippen LogP) is -0.630. The number of quaternary nitrogens is 2. The van der Waals surface area contributed by atoms with Gasteiger partial charge in [-0.1, -0.05) is 0 Å². The number of rotatable bonds is 4. The second-order valence-electron chi connectivity index (χ2n) is 4.04. The van der Waals surface area contributed by atoms with Crippen LogP contribution in [-0.2, 0) is 0 Å². The van der Waals surface area contributed by atoms with Gasteiger partial charge in [-0.15, -0.1) is 0 Å². The molecule has 0 aliphatic rings. The van der Waals surface area contributed by atoms with Crippen LogP contribution in [0.2, 0.25) is 0 Å². The van der Waals surface area contributed by atoms with Gasteiger partial charge in [0.05, 0.1) is 67.7 Å². The molecule has 88 valence electrons. The molecule has 0 aromatic heterocycles. The van der Waals surface area contributed by atoms with E-state index < -0.39 is 31.5 Å². The van der Waals surface area contributed by atoms with Gasteiger partial charge in [-0.05, 0) is 0 Å². The molecule has 0 aliphatic heterocycles. The summed E-state index contributed by atoms with van der Waals surface area (Å²) in [6.45, 7) is -11.0. The highest BCUT2D eigenvalue weighted by atomic mass is 16.3. The van der Waals surface area contributed by atoms with Crippen molar-refractivity contribution in [3.8, 4) is 0 Å². The second-order valence-corrected chi connectivity index (χ2v) is 4.04. The third kappa shape index (κ3) is 22.6. The number of hydrogen-bond donors (Lipinski definition) is 2. The minimum Gasteiger partial charge on any atom is -0.391 e. The Morgan fingerprint density at radius 1 is 1.14 bits per heavy atom. The van der Waals surface area contributed by atoms with E-state index in [9.17, 15) is 0 Å². The summed E-state index contributed by atoms with van der Waals surface area (Å²) in [5.74, 6) is 0. The Balaban J connectivity index is 0. The largest absolute Gasteiger partial charge is 0.391 e. The first-order valence-electron chi connectivity index (χ1n) is 8.76. The molecule has 1 atom stereocenters. The van der Waals surface area contributed by atoms with Gasteiger partial charge in [-0.2, -0.15) is 0 Å². The fourth-order valence-electron chi connectivity index (χ4n) is 0.404. The molecule has 0 rings (SSSR count). The highest BCUT2D eigenvalue weighted by Gasteiger charge is 2.02. The van der Waals surface area contributed by atoms with E-state index in [1.807, 2.05) is 0 Å². The predicted molar refractivity (Wildman–Crippen MR) is 60.0 cm³/mol. The van der Waals surface area contributed by atoms with Crippen LogP contribution in [0.25, 0.3) is 0 Å². The van der Waals surface area contributed by atoms with Gasteiger partial charge in [0.1, 0.15) is 13.0 Å². The van der Waals surface area contributed by atoms with Crippen LogP contribution in [-0.4, -0.2) is 87.6 Å². The highest BCUT2D eigenvalue weighted by Crippen LogP contribution is 1.85. The van der Waals surface area contributed by atoms with Gasteiger partial charge in [0.2, 0.25) is 0 Å². The van der Waals surface area contributed by atoms with Crippen molar-refractivity contribution < 1.29 is 31.5 Å². The first-order valence-corrected chi connectivity index (χ1v) is 4.10. The van der Waals surface area contributed by atoms with Crippen LogP contribution in [0.3, 0.4) is 0 Å². The molecule has 0 spiro atoms. The smallest absolute Gasteiger partial charge is 0.101 e. The zero-order valence-corrected chi connectivity index (χ0v) is 9.28. The third-order valence-corrected chi connectivity index (χ3v) is 1.05. The summed E-state index contributed by atoms with van der Waals surface area (Å²) in [6, 6.07) is 0. The first-order chi connectivity index (χ1) is 9.75. The zero-order valence-electron chi connectivity index (χ0n) is 18.3. The van der Waals surface area contributed by atoms with Crippen molar-refractivity contribution >= 4 is 0 Å². The summed E-state index contributed by atoms with van der Waals surface area (Å²) in [5.41, 5.74) is 0. The Bertz CT molecular complexity index is 363. The lowest BCUT2D eigenvalue weighted by Crippen LogP contribution is -2.36. The van der Waals surface area contributed by atoms with E-state index >= 15 is 0 Å². The zero-order chi connectivity index (χ0) is 19.5. The lowest BCUT2D eigenvalue weighted by molar-refractivity contribution is -0.870. The lowest BCUT2D eigenvalue weighted by atomic mass is 10.5. The molecule has 0 aliphatic carbocycles. The van der Waals surface area contributed by atoms with Crippen LogP contribution in [0.4, 0.5) is 0 Å². The summed E-state index contributed by atoms with van der Waals surface area (Å²) in [4.78, 5) is 0. The van der Waals surface area contributed by atoms with Gasteiger partial charge < -0.3 is 19.2 Å². The van der Waals surface area contributed by atoms with Crippen LogP contribution >= 0.6 is 0 Å². The Labute approximate surface area is 101 Å². The minimum absolute atomic E-state index is 0.281. The molecule has 2 N–H and O–H groups in total. The van der Waals surface area contributed by atoms with E-state index in [4.69, 9.17) is 22.5 Å². The van der Waals surface area contributed by atoms with Gasteiger partial charge >= 0.3 is 0 Å². The standard InChI is InChI=1S/2C5H14NO/c2*1-6(2,3)4-5-7/h2*7H,4-5H2,1-3H3/q2*+1/i1D2,2D3,4D2,5D2;. The van der Waals surface area contributed by atoms with Gasteiger partial charge in [0.25, 0.3) is 0 Å². The van der Waals surface area contributed by atoms with Gasteiger partial charge in [-0.25, -0.2) is 0 Å². The molecule has 0 radical (unpaired) electrons. The van der Waals surface area contributed by atoms with E-state index in [1.165, 1.54) is 0 Å². The summed E-state index contributed by atoms with van der Waals surface area (Å²) in [5, 5.41) is 17.4. The van der Waals surface area contributed by atoms with Crippen LogP contribution < -0.4 is 0 Å². The average Bonchev–Trinajstić information content (AvgIpc) is 2.23. The number of hydrogen-bond acceptors (Lipinski definition) is 2. The fourth-order valence-corrected chi connectivity index (χ4v) is 0.404. The van der Waals surface area contributed by atoms with E-state index in [1.54, 1.807) is 0 Å². The minimum atomic E-state index is -3.48. The monoisotopic (exact) mass is 217 g/mol. The maximum atomic E-state index is 9.02. The first kappa shape index (κ1) is 5.25. The summed E-state index contributed by atoms with van der Waals surface area (Å²) in [7, 11) is 6.86. The van der Waals surface area contributed by atoms with Crippen LogP contribution in [0.15, 0.2) is 0 Å². The van der Waals surface area contributed by atoms with Crippen molar-refractivity contribution in [1.82, 2.24) is 0 Å². The summed E-state index contributed by atoms with van der Waals surface area (Å²) >= 11 is 0. The summed E-state index contributed by atoms with van der Waals surface area (Å²) < 4.78 is 62.9. The van der Waals surface area contributed by atoms with Crippen molar-refractivity contribution in [3.63, 3.8) is 0 Å². The lowest BCUT2D eigenvalue weighted by Gasteiger charge is -2.21. The van der Waals surface area contributed by atoms with Crippen LogP contribution in [0.5, 0.6) is 0 Å². The molecule has 4 nitrogen and oxygen atoms in total. The summed E-state index contributed by atoms with van der Waals surface area (Å²) in [6.07, 6.45) is 0. The molecule has 0 fully saturated rings. The van der Waals surface area contributed by atoms with E-state index in [0.29, 0.717) is 7.05 Å². The molecule has 0 aromatic carbocycles. The molecule has 14 heavy (non-hydrogen) atoms. The molecule has 0 heterocycles. The highest BCUT2D eigenvalue weighted by molar-refractivity contribution is 4.19. The maximum absolute atomic E-state index is 9.02. The number of aliphatic hydroxyl groups excluding tert-OH is 1. The van der Waals surface area contributed by atoms with Crippen molar-refractivity contribution in [2.24, 2.45) is 0 Å².